The van der Waals surface area contributed by atoms with Crippen molar-refractivity contribution >= 4 is 5.97 Å². The molecule has 1 aliphatic carbocycles. The van der Waals surface area contributed by atoms with Crippen molar-refractivity contribution < 1.29 is 9.53 Å². The smallest absolute Gasteiger partial charge is 0.313 e. The van der Waals surface area contributed by atoms with Crippen molar-refractivity contribution in [2.45, 2.75) is 0 Å². The summed E-state index contributed by atoms with van der Waals surface area (Å²) in [5.41, 5.74) is 0. The van der Waals surface area contributed by atoms with E-state index in [4.69, 9.17) is 4.74 Å². The minimum Gasteiger partial charge on any atom is -0.465 e. The molecule has 2 rings (SSSR count). The average molecular weight is 110 g/mol. The van der Waals surface area contributed by atoms with Gasteiger partial charge in [-0.15, -0.1) is 0 Å². The average Bonchev–Trinajstić information content (AvgIpc) is 1.80. The van der Waals surface area contributed by atoms with E-state index in [1.165, 1.54) is 0 Å². The first kappa shape index (κ1) is 4.13. The first-order chi connectivity index (χ1) is 3.88. The van der Waals surface area contributed by atoms with Crippen LogP contribution in [0.5, 0.6) is 0 Å². The number of rotatable bonds is 0. The molecule has 8 heavy (non-hydrogen) atoms. The van der Waals surface area contributed by atoms with Crippen LogP contribution < -0.4 is 0 Å². The molecule has 42 valence electrons. The third kappa shape index (κ3) is 0.312. The highest BCUT2D eigenvalue weighted by Gasteiger charge is 2.38. The topological polar surface area (TPSA) is 26.3 Å². The molecule has 0 aromatic carbocycles. The van der Waals surface area contributed by atoms with Crippen LogP contribution in [0.25, 0.3) is 0 Å². The van der Waals surface area contributed by atoms with Gasteiger partial charge in [-0.3, -0.25) is 4.79 Å². The second-order valence-corrected chi connectivity index (χ2v) is 2.20. The van der Waals surface area contributed by atoms with Crippen molar-refractivity contribution in [2.24, 2.45) is 11.8 Å². The second kappa shape index (κ2) is 1.13. The van der Waals surface area contributed by atoms with Crippen LogP contribution in [-0.2, 0) is 9.53 Å². The number of ether oxygens (including phenoxy) is 1. The summed E-state index contributed by atoms with van der Waals surface area (Å²) < 4.78 is 4.74. The maximum absolute atomic E-state index is 10.6. The highest BCUT2D eigenvalue weighted by Crippen LogP contribution is 2.32. The number of cyclic esters (lactones) is 1. The number of carbonyl (C=O) groups is 1. The molecule has 0 spiro atoms. The van der Waals surface area contributed by atoms with Crippen LogP contribution in [-0.4, -0.2) is 12.6 Å². The van der Waals surface area contributed by atoms with Gasteiger partial charge in [-0.25, -0.2) is 0 Å². The van der Waals surface area contributed by atoms with Crippen LogP contribution in [0.2, 0.25) is 0 Å². The van der Waals surface area contributed by atoms with Gasteiger partial charge in [0.15, 0.2) is 0 Å². The Hall–Kier alpha value is -0.790. The van der Waals surface area contributed by atoms with Crippen LogP contribution in [0.4, 0.5) is 0 Å². The normalized spacial score (nSPS) is 40.8. The lowest BCUT2D eigenvalue weighted by Gasteiger charge is -2.13. The Morgan fingerprint density at radius 2 is 2.50 bits per heavy atom. The molecular formula is C6H6O2. The first-order valence-electron chi connectivity index (χ1n) is 2.73. The molecule has 1 aliphatic heterocycles. The number of fused-ring (bicyclic) bond motifs is 1. The fraction of sp³-hybridized carbons (Fsp3) is 0.500. The minimum atomic E-state index is -0.0440. The van der Waals surface area contributed by atoms with Crippen molar-refractivity contribution in [3.63, 3.8) is 0 Å². The lowest BCUT2D eigenvalue weighted by Crippen LogP contribution is -2.18. The second-order valence-electron chi connectivity index (χ2n) is 2.20. The predicted molar refractivity (Wildman–Crippen MR) is 27.1 cm³/mol. The van der Waals surface area contributed by atoms with Crippen LogP contribution in [0, 0.1) is 11.8 Å². The van der Waals surface area contributed by atoms with E-state index in [2.05, 4.69) is 0 Å². The van der Waals surface area contributed by atoms with Gasteiger partial charge in [0.25, 0.3) is 0 Å². The molecule has 0 aromatic heterocycles. The Kier molecular flexibility index (Phi) is 0.583. The summed E-state index contributed by atoms with van der Waals surface area (Å²) in [5, 5.41) is 0. The van der Waals surface area contributed by atoms with Crippen molar-refractivity contribution in [3.8, 4) is 0 Å². The van der Waals surface area contributed by atoms with Gasteiger partial charge < -0.3 is 4.74 Å². The Labute approximate surface area is 47.1 Å². The van der Waals surface area contributed by atoms with Gasteiger partial charge in [-0.2, -0.15) is 0 Å². The predicted octanol–water partition coefficient (Wildman–Crippen LogP) is 0.345. The van der Waals surface area contributed by atoms with E-state index in [0.29, 0.717) is 12.5 Å². The summed E-state index contributed by atoms with van der Waals surface area (Å²) in [7, 11) is 0. The molecular weight excluding hydrogens is 104 g/mol. The van der Waals surface area contributed by atoms with Crippen molar-refractivity contribution in [1.82, 2.24) is 0 Å². The molecule has 2 atom stereocenters. The van der Waals surface area contributed by atoms with Gasteiger partial charge in [0.05, 0.1) is 12.5 Å². The van der Waals surface area contributed by atoms with Crippen LogP contribution in [0.1, 0.15) is 0 Å². The van der Waals surface area contributed by atoms with E-state index < -0.39 is 0 Å². The van der Waals surface area contributed by atoms with Gasteiger partial charge in [0, 0.05) is 5.92 Å². The molecule has 2 heteroatoms. The Bertz CT molecular complexity index is 160. The molecule has 0 bridgehead atoms. The summed E-state index contributed by atoms with van der Waals surface area (Å²) in [6.45, 7) is 0.611. The van der Waals surface area contributed by atoms with Gasteiger partial charge >= 0.3 is 5.97 Å². The maximum atomic E-state index is 10.6. The standard InChI is InChI=1S/C6H6O2/c7-6-5-2-1-4(5)3-8-6/h1-2,4-5H,3H2/t4-,5-/m1/s1. The Morgan fingerprint density at radius 3 is 2.75 bits per heavy atom. The number of carbonyl (C=O) groups excluding carboxylic acids is 1. The SMILES string of the molecule is O=C1OC[C@H]2C=C[C@@H]12. The molecule has 0 radical (unpaired) electrons. The molecule has 1 heterocycles. The third-order valence-electron chi connectivity index (χ3n) is 1.72. The fourth-order valence-electron chi connectivity index (χ4n) is 1.07. The van der Waals surface area contributed by atoms with Crippen molar-refractivity contribution in [1.29, 1.82) is 0 Å². The van der Waals surface area contributed by atoms with Crippen molar-refractivity contribution in [2.75, 3.05) is 6.61 Å². The van der Waals surface area contributed by atoms with Crippen LogP contribution >= 0.6 is 0 Å². The molecule has 0 aromatic rings. The summed E-state index contributed by atoms with van der Waals surface area (Å²) in [6, 6.07) is 0. The molecule has 2 nitrogen and oxygen atoms in total. The minimum absolute atomic E-state index is 0.0440. The largest absolute Gasteiger partial charge is 0.465 e. The molecule has 0 N–H and O–H groups in total. The van der Waals surface area contributed by atoms with Crippen LogP contribution in [0.15, 0.2) is 12.2 Å². The highest BCUT2D eigenvalue weighted by molar-refractivity contribution is 5.79. The number of esters is 1. The van der Waals surface area contributed by atoms with E-state index in [1.54, 1.807) is 0 Å². The zero-order valence-electron chi connectivity index (χ0n) is 4.33. The quantitative estimate of drug-likeness (QED) is 0.332. The zero-order valence-corrected chi connectivity index (χ0v) is 4.33. The third-order valence-corrected chi connectivity index (χ3v) is 1.72. The molecule has 2 aliphatic rings. The number of hydrogen-bond donors (Lipinski definition) is 0. The van der Waals surface area contributed by atoms with Gasteiger partial charge in [-0.05, 0) is 0 Å². The van der Waals surface area contributed by atoms with Gasteiger partial charge in [0.1, 0.15) is 0 Å². The molecule has 1 fully saturated rings. The Morgan fingerprint density at radius 1 is 1.62 bits per heavy atom. The molecule has 0 unspecified atom stereocenters. The fourth-order valence-corrected chi connectivity index (χ4v) is 1.07. The van der Waals surface area contributed by atoms with Gasteiger partial charge in [-0.1, -0.05) is 12.2 Å². The summed E-state index contributed by atoms with van der Waals surface area (Å²) >= 11 is 0. The van der Waals surface area contributed by atoms with E-state index in [0.717, 1.165) is 0 Å². The van der Waals surface area contributed by atoms with E-state index >= 15 is 0 Å². The van der Waals surface area contributed by atoms with Crippen molar-refractivity contribution in [3.05, 3.63) is 12.2 Å². The summed E-state index contributed by atoms with van der Waals surface area (Å²) in [5.74, 6) is 0.495. The zero-order chi connectivity index (χ0) is 5.56. The summed E-state index contributed by atoms with van der Waals surface area (Å²) in [6.07, 6.45) is 3.93. The molecule has 0 amide bonds. The Balaban J connectivity index is 2.27. The molecule has 1 saturated heterocycles. The van der Waals surface area contributed by atoms with E-state index in [9.17, 15) is 4.79 Å². The number of hydrogen-bond acceptors (Lipinski definition) is 2. The summed E-state index contributed by atoms with van der Waals surface area (Å²) in [4.78, 5) is 10.6. The monoisotopic (exact) mass is 110 g/mol. The lowest BCUT2D eigenvalue weighted by molar-refractivity contribution is -0.140. The lowest BCUT2D eigenvalue weighted by atomic mass is 9.85. The van der Waals surface area contributed by atoms with E-state index in [1.807, 2.05) is 12.2 Å². The maximum Gasteiger partial charge on any atom is 0.313 e. The van der Waals surface area contributed by atoms with E-state index in [-0.39, 0.29) is 11.9 Å². The first-order valence-corrected chi connectivity index (χ1v) is 2.73. The van der Waals surface area contributed by atoms with Gasteiger partial charge in [0.2, 0.25) is 0 Å². The van der Waals surface area contributed by atoms with Crippen LogP contribution in [0.3, 0.4) is 0 Å². The highest BCUT2D eigenvalue weighted by atomic mass is 16.5. The molecule has 0 saturated carbocycles.